The van der Waals surface area contributed by atoms with E-state index in [9.17, 15) is 4.79 Å². The number of methoxy groups -OCH3 is 1. The van der Waals surface area contributed by atoms with E-state index in [0.29, 0.717) is 4.88 Å². The number of hydrogen-bond acceptors (Lipinski definition) is 5. The molecule has 1 amide bonds. The largest absolute Gasteiger partial charge is 0.497 e. The second-order valence-electron chi connectivity index (χ2n) is 5.64. The number of rotatable bonds is 5. The Labute approximate surface area is 150 Å². The lowest BCUT2D eigenvalue weighted by molar-refractivity contribution is 0.0943. The maximum atomic E-state index is 12.6. The van der Waals surface area contributed by atoms with Crippen molar-refractivity contribution in [1.29, 1.82) is 0 Å². The first-order valence-corrected chi connectivity index (χ1v) is 8.72. The Kier molecular flexibility index (Phi) is 5.09. The normalized spacial score (nSPS) is 11.8. The van der Waals surface area contributed by atoms with Crippen LogP contribution in [-0.4, -0.2) is 23.0 Å². The molecule has 0 radical (unpaired) electrons. The topological polar surface area (TPSA) is 64.1 Å². The Morgan fingerprint density at radius 2 is 2.00 bits per heavy atom. The van der Waals surface area contributed by atoms with Crippen molar-refractivity contribution in [1.82, 2.24) is 15.3 Å². The Morgan fingerprint density at radius 1 is 1.24 bits per heavy atom. The quantitative estimate of drug-likeness (QED) is 0.753. The maximum absolute atomic E-state index is 12.6. The molecule has 0 saturated heterocycles. The van der Waals surface area contributed by atoms with Crippen LogP contribution in [0.4, 0.5) is 0 Å². The van der Waals surface area contributed by atoms with E-state index in [1.54, 1.807) is 19.5 Å². The van der Waals surface area contributed by atoms with Gasteiger partial charge in [-0.1, -0.05) is 12.1 Å². The van der Waals surface area contributed by atoms with Gasteiger partial charge in [0.2, 0.25) is 0 Å². The summed E-state index contributed by atoms with van der Waals surface area (Å²) in [6.07, 6.45) is 3.47. The minimum atomic E-state index is -0.117. The number of pyridine rings is 1. The number of nitrogens with one attached hydrogen (secondary N) is 1. The molecule has 0 aliphatic rings. The van der Waals surface area contributed by atoms with E-state index < -0.39 is 0 Å². The monoisotopic (exact) mass is 353 g/mol. The van der Waals surface area contributed by atoms with Crippen molar-refractivity contribution in [2.45, 2.75) is 19.9 Å². The first-order chi connectivity index (χ1) is 12.1. The fraction of sp³-hybridized carbons (Fsp3) is 0.211. The molecule has 0 spiro atoms. The van der Waals surface area contributed by atoms with Gasteiger partial charge in [-0.3, -0.25) is 9.78 Å². The highest BCUT2D eigenvalue weighted by Crippen LogP contribution is 2.28. The van der Waals surface area contributed by atoms with E-state index in [0.717, 1.165) is 27.6 Å². The van der Waals surface area contributed by atoms with Crippen LogP contribution in [0.2, 0.25) is 0 Å². The fourth-order valence-corrected chi connectivity index (χ4v) is 3.42. The molecular formula is C19H19N3O2S. The van der Waals surface area contributed by atoms with Crippen molar-refractivity contribution in [2.24, 2.45) is 0 Å². The summed E-state index contributed by atoms with van der Waals surface area (Å²) in [5.74, 6) is 0.676. The van der Waals surface area contributed by atoms with Crippen LogP contribution in [0.1, 0.15) is 33.9 Å². The summed E-state index contributed by atoms with van der Waals surface area (Å²) < 4.78 is 5.16. The molecule has 1 N–H and O–H groups in total. The number of hydrogen-bond donors (Lipinski definition) is 1. The van der Waals surface area contributed by atoms with Crippen LogP contribution in [0.25, 0.3) is 10.6 Å². The van der Waals surface area contributed by atoms with E-state index in [-0.39, 0.29) is 11.9 Å². The molecule has 5 nitrogen and oxygen atoms in total. The molecule has 6 heteroatoms. The molecule has 3 rings (SSSR count). The number of ether oxygens (including phenoxy) is 1. The van der Waals surface area contributed by atoms with Gasteiger partial charge in [-0.2, -0.15) is 0 Å². The summed E-state index contributed by atoms with van der Waals surface area (Å²) in [6, 6.07) is 11.4. The average molecular weight is 353 g/mol. The predicted octanol–water partition coefficient (Wildman–Crippen LogP) is 4.01. The minimum Gasteiger partial charge on any atom is -0.497 e. The van der Waals surface area contributed by atoms with Gasteiger partial charge >= 0.3 is 0 Å². The molecule has 0 saturated carbocycles. The molecule has 0 fully saturated rings. The van der Waals surface area contributed by atoms with Crippen LogP contribution >= 0.6 is 11.3 Å². The third-order valence-electron chi connectivity index (χ3n) is 3.87. The van der Waals surface area contributed by atoms with Crippen LogP contribution in [0.5, 0.6) is 5.75 Å². The number of carbonyl (C=O) groups excluding carboxylic acids is 1. The summed E-state index contributed by atoms with van der Waals surface area (Å²) in [6.45, 7) is 3.81. The molecule has 2 aromatic heterocycles. The molecule has 1 aromatic carbocycles. The van der Waals surface area contributed by atoms with Crippen molar-refractivity contribution in [3.63, 3.8) is 0 Å². The molecule has 0 bridgehead atoms. The molecule has 1 atom stereocenters. The first-order valence-electron chi connectivity index (χ1n) is 7.91. The highest BCUT2D eigenvalue weighted by molar-refractivity contribution is 7.17. The van der Waals surface area contributed by atoms with Gasteiger partial charge in [0.05, 0.1) is 18.8 Å². The number of aryl methyl sites for hydroxylation is 1. The van der Waals surface area contributed by atoms with Gasteiger partial charge in [-0.15, -0.1) is 11.3 Å². The van der Waals surface area contributed by atoms with E-state index in [1.165, 1.54) is 11.3 Å². The summed E-state index contributed by atoms with van der Waals surface area (Å²) in [5.41, 5.74) is 2.66. The smallest absolute Gasteiger partial charge is 0.263 e. The molecule has 0 aliphatic heterocycles. The third-order valence-corrected chi connectivity index (χ3v) is 5.08. The zero-order chi connectivity index (χ0) is 17.8. The summed E-state index contributed by atoms with van der Waals surface area (Å²) >= 11 is 1.38. The molecule has 128 valence electrons. The van der Waals surface area contributed by atoms with Crippen molar-refractivity contribution >= 4 is 17.2 Å². The van der Waals surface area contributed by atoms with Crippen molar-refractivity contribution in [2.75, 3.05) is 7.11 Å². The van der Waals surface area contributed by atoms with Crippen molar-refractivity contribution < 1.29 is 9.53 Å². The van der Waals surface area contributed by atoms with Crippen LogP contribution in [0.3, 0.4) is 0 Å². The predicted molar refractivity (Wildman–Crippen MR) is 99.0 cm³/mol. The van der Waals surface area contributed by atoms with Crippen molar-refractivity contribution in [3.05, 3.63) is 64.9 Å². The second-order valence-corrected chi connectivity index (χ2v) is 6.64. The third kappa shape index (κ3) is 3.85. The number of aromatic nitrogens is 2. The van der Waals surface area contributed by atoms with Crippen molar-refractivity contribution in [3.8, 4) is 16.3 Å². The summed E-state index contributed by atoms with van der Waals surface area (Å²) in [7, 11) is 1.63. The molecule has 0 aliphatic carbocycles. The molecule has 2 heterocycles. The SMILES string of the molecule is COc1ccc([C@@H](C)NC(=O)c2sc(-c3cccnc3)nc2C)cc1. The lowest BCUT2D eigenvalue weighted by Gasteiger charge is -2.14. The number of carbonyl (C=O) groups is 1. The van der Waals surface area contributed by atoms with Crippen LogP contribution in [0.15, 0.2) is 48.8 Å². The van der Waals surface area contributed by atoms with Gasteiger partial charge in [0, 0.05) is 18.0 Å². The number of amides is 1. The van der Waals surface area contributed by atoms with Gasteiger partial charge < -0.3 is 10.1 Å². The highest BCUT2D eigenvalue weighted by atomic mass is 32.1. The molecule has 3 aromatic rings. The molecule has 25 heavy (non-hydrogen) atoms. The summed E-state index contributed by atoms with van der Waals surface area (Å²) in [5, 5.41) is 3.83. The lowest BCUT2D eigenvalue weighted by atomic mass is 10.1. The minimum absolute atomic E-state index is 0.109. The van der Waals surface area contributed by atoms with Gasteiger partial charge in [-0.05, 0) is 43.7 Å². The van der Waals surface area contributed by atoms with Gasteiger partial charge in [-0.25, -0.2) is 4.98 Å². The standard InChI is InChI=1S/C19H19N3O2S/c1-12(14-6-8-16(24-3)9-7-14)21-18(23)17-13(2)22-19(25-17)15-5-4-10-20-11-15/h4-12H,1-3H3,(H,21,23)/t12-/m1/s1. The van der Waals surface area contributed by atoms with Gasteiger partial charge in [0.25, 0.3) is 5.91 Å². The average Bonchev–Trinajstić information content (AvgIpc) is 3.04. The van der Waals surface area contributed by atoms with E-state index in [4.69, 9.17) is 4.74 Å². The van der Waals surface area contributed by atoms with Gasteiger partial charge in [0.15, 0.2) is 0 Å². The van der Waals surface area contributed by atoms with E-state index in [1.807, 2.05) is 50.2 Å². The van der Waals surface area contributed by atoms with Crippen LogP contribution < -0.4 is 10.1 Å². The number of nitrogens with zero attached hydrogens (tertiary/aromatic N) is 2. The van der Waals surface area contributed by atoms with Crippen LogP contribution in [-0.2, 0) is 0 Å². The Bertz CT molecular complexity index is 860. The number of benzene rings is 1. The second kappa shape index (κ2) is 7.44. The Morgan fingerprint density at radius 3 is 2.64 bits per heavy atom. The Balaban J connectivity index is 1.75. The summed E-state index contributed by atoms with van der Waals surface area (Å²) in [4.78, 5) is 21.9. The number of thiazole rings is 1. The highest BCUT2D eigenvalue weighted by Gasteiger charge is 2.18. The zero-order valence-corrected chi connectivity index (χ0v) is 15.1. The van der Waals surface area contributed by atoms with E-state index >= 15 is 0 Å². The fourth-order valence-electron chi connectivity index (χ4n) is 2.46. The van der Waals surface area contributed by atoms with Crippen LogP contribution in [0, 0.1) is 6.92 Å². The Hall–Kier alpha value is -2.73. The molecule has 0 unspecified atom stereocenters. The lowest BCUT2D eigenvalue weighted by Crippen LogP contribution is -2.26. The molecular weight excluding hydrogens is 334 g/mol. The van der Waals surface area contributed by atoms with E-state index in [2.05, 4.69) is 15.3 Å². The zero-order valence-electron chi connectivity index (χ0n) is 14.3. The maximum Gasteiger partial charge on any atom is 0.263 e. The van der Waals surface area contributed by atoms with Gasteiger partial charge in [0.1, 0.15) is 15.6 Å². The first kappa shape index (κ1) is 17.1.